The van der Waals surface area contributed by atoms with Crippen molar-refractivity contribution in [2.24, 2.45) is 7.05 Å². The standard InChI is InChI=1S/C15H17ClN4O2/c1-9-12(13(16)19(2)18-9)11-6-4-8-20(11)15(22)10-5-3-7-17-14(10)21/h3,5,7,11H,4,6,8H2,1-2H3,(H,17,21)/t11-/m1/s1. The first-order chi connectivity index (χ1) is 10.5. The maximum atomic E-state index is 12.7. The van der Waals surface area contributed by atoms with E-state index in [1.807, 2.05) is 6.92 Å². The van der Waals surface area contributed by atoms with E-state index < -0.39 is 0 Å². The highest BCUT2D eigenvalue weighted by Crippen LogP contribution is 2.37. The lowest BCUT2D eigenvalue weighted by atomic mass is 10.1. The van der Waals surface area contributed by atoms with Gasteiger partial charge in [0.15, 0.2) is 0 Å². The third-order valence-corrected chi connectivity index (χ3v) is 4.54. The second-order valence-electron chi connectivity index (χ2n) is 5.48. The van der Waals surface area contributed by atoms with Gasteiger partial charge in [-0.2, -0.15) is 5.10 Å². The molecule has 0 unspecified atom stereocenters. The summed E-state index contributed by atoms with van der Waals surface area (Å²) >= 11 is 6.34. The number of likely N-dealkylation sites (tertiary alicyclic amines) is 1. The maximum Gasteiger partial charge on any atom is 0.260 e. The molecule has 3 heterocycles. The van der Waals surface area contributed by atoms with Crippen LogP contribution in [0, 0.1) is 6.92 Å². The second kappa shape index (κ2) is 5.61. The first kappa shape index (κ1) is 14.8. The molecule has 0 radical (unpaired) electrons. The van der Waals surface area contributed by atoms with Crippen LogP contribution in [-0.4, -0.2) is 32.1 Å². The van der Waals surface area contributed by atoms with E-state index in [2.05, 4.69) is 10.1 Å². The molecule has 1 saturated heterocycles. The number of hydrogen-bond donors (Lipinski definition) is 1. The van der Waals surface area contributed by atoms with Gasteiger partial charge in [-0.25, -0.2) is 0 Å². The van der Waals surface area contributed by atoms with Crippen molar-refractivity contribution in [1.29, 1.82) is 0 Å². The van der Waals surface area contributed by atoms with Crippen LogP contribution in [0.15, 0.2) is 23.1 Å². The zero-order valence-corrected chi connectivity index (χ0v) is 13.2. The first-order valence-electron chi connectivity index (χ1n) is 7.18. The van der Waals surface area contributed by atoms with E-state index in [0.717, 1.165) is 24.1 Å². The number of halogens is 1. The summed E-state index contributed by atoms with van der Waals surface area (Å²) in [5.74, 6) is -0.260. The third kappa shape index (κ3) is 2.33. The third-order valence-electron chi connectivity index (χ3n) is 4.09. The van der Waals surface area contributed by atoms with Gasteiger partial charge in [-0.1, -0.05) is 11.6 Å². The average Bonchev–Trinajstić information content (AvgIpc) is 3.04. The summed E-state index contributed by atoms with van der Waals surface area (Å²) in [6.45, 7) is 2.50. The highest BCUT2D eigenvalue weighted by Gasteiger charge is 2.35. The molecule has 6 nitrogen and oxygen atoms in total. The van der Waals surface area contributed by atoms with Crippen LogP contribution < -0.4 is 5.56 Å². The number of pyridine rings is 1. The molecule has 0 bridgehead atoms. The van der Waals surface area contributed by atoms with E-state index in [9.17, 15) is 9.59 Å². The highest BCUT2D eigenvalue weighted by molar-refractivity contribution is 6.30. The normalized spacial score (nSPS) is 18.0. The van der Waals surface area contributed by atoms with E-state index in [-0.39, 0.29) is 23.1 Å². The molecule has 1 N–H and O–H groups in total. The summed E-state index contributed by atoms with van der Waals surface area (Å²) in [4.78, 5) is 28.8. The lowest BCUT2D eigenvalue weighted by Crippen LogP contribution is -2.34. The zero-order valence-electron chi connectivity index (χ0n) is 12.5. The molecule has 116 valence electrons. The molecule has 2 aromatic rings. The maximum absolute atomic E-state index is 12.7. The quantitative estimate of drug-likeness (QED) is 0.920. The van der Waals surface area contributed by atoms with Crippen LogP contribution in [0.4, 0.5) is 0 Å². The summed E-state index contributed by atoms with van der Waals surface area (Å²) in [5, 5.41) is 4.86. The molecule has 1 atom stereocenters. The van der Waals surface area contributed by atoms with E-state index in [1.54, 1.807) is 28.8 Å². The van der Waals surface area contributed by atoms with Gasteiger partial charge in [0.05, 0.1) is 11.7 Å². The Morgan fingerprint density at radius 2 is 2.27 bits per heavy atom. The van der Waals surface area contributed by atoms with E-state index in [4.69, 9.17) is 11.6 Å². The molecule has 7 heteroatoms. The predicted octanol–water partition coefficient (Wildman–Crippen LogP) is 2.05. The monoisotopic (exact) mass is 320 g/mol. The molecule has 0 spiro atoms. The molecular weight excluding hydrogens is 304 g/mol. The SMILES string of the molecule is Cc1nn(C)c(Cl)c1[C@H]1CCCN1C(=O)c1ccc[nH]c1=O. The number of carbonyl (C=O) groups is 1. The molecular formula is C15H17ClN4O2. The number of nitrogens with one attached hydrogen (secondary N) is 1. The number of aromatic nitrogens is 3. The van der Waals surface area contributed by atoms with Gasteiger partial charge >= 0.3 is 0 Å². The topological polar surface area (TPSA) is 71.0 Å². The minimum Gasteiger partial charge on any atom is -0.331 e. The van der Waals surface area contributed by atoms with Crippen LogP contribution in [0.1, 0.15) is 40.5 Å². The predicted molar refractivity (Wildman–Crippen MR) is 83.0 cm³/mol. The number of carbonyl (C=O) groups excluding carboxylic acids is 1. The van der Waals surface area contributed by atoms with Crippen molar-refractivity contribution < 1.29 is 4.79 Å². The Kier molecular flexibility index (Phi) is 3.78. The van der Waals surface area contributed by atoms with Gasteiger partial charge in [-0.05, 0) is 31.9 Å². The van der Waals surface area contributed by atoms with E-state index in [0.29, 0.717) is 11.7 Å². The lowest BCUT2D eigenvalue weighted by Gasteiger charge is -2.24. The van der Waals surface area contributed by atoms with Gasteiger partial charge in [-0.15, -0.1) is 0 Å². The van der Waals surface area contributed by atoms with Crippen molar-refractivity contribution in [3.05, 3.63) is 50.7 Å². The Morgan fingerprint density at radius 1 is 1.50 bits per heavy atom. The van der Waals surface area contributed by atoms with Gasteiger partial charge < -0.3 is 9.88 Å². The Bertz CT molecular complexity index is 780. The highest BCUT2D eigenvalue weighted by atomic mass is 35.5. The van der Waals surface area contributed by atoms with E-state index >= 15 is 0 Å². The average molecular weight is 321 g/mol. The van der Waals surface area contributed by atoms with Crippen LogP contribution in [0.2, 0.25) is 5.15 Å². The van der Waals surface area contributed by atoms with Crippen molar-refractivity contribution in [2.75, 3.05) is 6.54 Å². The molecule has 0 aromatic carbocycles. The number of aromatic amines is 1. The van der Waals surface area contributed by atoms with Crippen LogP contribution in [0.3, 0.4) is 0 Å². The van der Waals surface area contributed by atoms with Crippen LogP contribution >= 0.6 is 11.6 Å². The molecule has 0 saturated carbocycles. The number of amides is 1. The van der Waals surface area contributed by atoms with Gasteiger partial charge in [0.25, 0.3) is 11.5 Å². The van der Waals surface area contributed by atoms with Crippen molar-refractivity contribution in [3.63, 3.8) is 0 Å². The number of aryl methyl sites for hydroxylation is 2. The Morgan fingerprint density at radius 3 is 2.91 bits per heavy atom. The molecule has 1 fully saturated rings. The number of nitrogens with zero attached hydrogens (tertiary/aromatic N) is 3. The van der Waals surface area contributed by atoms with Gasteiger partial charge in [-0.3, -0.25) is 14.3 Å². The molecule has 1 amide bonds. The van der Waals surface area contributed by atoms with E-state index in [1.165, 1.54) is 6.20 Å². The second-order valence-corrected chi connectivity index (χ2v) is 5.84. The smallest absolute Gasteiger partial charge is 0.260 e. The minimum absolute atomic E-state index is 0.131. The number of hydrogen-bond acceptors (Lipinski definition) is 3. The van der Waals surface area contributed by atoms with Crippen molar-refractivity contribution >= 4 is 17.5 Å². The number of H-pyrrole nitrogens is 1. The summed E-state index contributed by atoms with van der Waals surface area (Å²) in [6.07, 6.45) is 3.22. The van der Waals surface area contributed by atoms with Gasteiger partial charge in [0.2, 0.25) is 0 Å². The van der Waals surface area contributed by atoms with Crippen LogP contribution in [-0.2, 0) is 7.05 Å². The van der Waals surface area contributed by atoms with Gasteiger partial charge in [0.1, 0.15) is 10.7 Å². The zero-order chi connectivity index (χ0) is 15.9. The van der Waals surface area contributed by atoms with Crippen molar-refractivity contribution in [2.45, 2.75) is 25.8 Å². The Hall–Kier alpha value is -2.08. The minimum atomic E-state index is -0.368. The fourth-order valence-electron chi connectivity index (χ4n) is 3.08. The Labute approximate surface area is 132 Å². The Balaban J connectivity index is 1.99. The fourth-order valence-corrected chi connectivity index (χ4v) is 3.38. The fraction of sp³-hybridized carbons (Fsp3) is 0.400. The largest absolute Gasteiger partial charge is 0.331 e. The van der Waals surface area contributed by atoms with Crippen molar-refractivity contribution in [1.82, 2.24) is 19.7 Å². The van der Waals surface area contributed by atoms with Crippen LogP contribution in [0.25, 0.3) is 0 Å². The number of rotatable bonds is 2. The first-order valence-corrected chi connectivity index (χ1v) is 7.56. The van der Waals surface area contributed by atoms with Gasteiger partial charge in [0, 0.05) is 25.4 Å². The summed E-state index contributed by atoms with van der Waals surface area (Å²) in [6, 6.07) is 3.07. The summed E-state index contributed by atoms with van der Waals surface area (Å²) in [5.41, 5.74) is 1.49. The molecule has 22 heavy (non-hydrogen) atoms. The van der Waals surface area contributed by atoms with Crippen molar-refractivity contribution in [3.8, 4) is 0 Å². The molecule has 0 aliphatic carbocycles. The molecule has 2 aromatic heterocycles. The molecule has 3 rings (SSSR count). The molecule has 1 aliphatic heterocycles. The lowest BCUT2D eigenvalue weighted by molar-refractivity contribution is 0.0733. The van der Waals surface area contributed by atoms with Crippen LogP contribution in [0.5, 0.6) is 0 Å². The molecule has 1 aliphatic rings. The summed E-state index contributed by atoms with van der Waals surface area (Å²) in [7, 11) is 1.78. The summed E-state index contributed by atoms with van der Waals surface area (Å²) < 4.78 is 1.61.